The van der Waals surface area contributed by atoms with Crippen molar-refractivity contribution in [1.82, 2.24) is 4.72 Å². The maximum absolute atomic E-state index is 12.4. The van der Waals surface area contributed by atoms with Crippen molar-refractivity contribution in [3.05, 3.63) is 29.3 Å². The minimum absolute atomic E-state index is 0.102. The van der Waals surface area contributed by atoms with Crippen LogP contribution in [0.15, 0.2) is 23.1 Å². The largest absolute Gasteiger partial charge is 0.384 e. The molecular formula is C15H22N2O3S. The van der Waals surface area contributed by atoms with E-state index in [2.05, 4.69) is 16.6 Å². The topological polar surface area (TPSA) is 81.4 Å². The Balaban J connectivity index is 2.96. The van der Waals surface area contributed by atoms with Gasteiger partial charge in [-0.25, -0.2) is 13.1 Å². The van der Waals surface area contributed by atoms with Crippen LogP contribution >= 0.6 is 0 Å². The standard InChI is InChI=1S/C15H22N2O3S/c1-12(11-20-3)10-17-21(18,19)15-9-14(5-4-8-16)7-6-13(15)2/h6-7,9,12,17H,8,10-11,16H2,1-3H3. The summed E-state index contributed by atoms with van der Waals surface area (Å²) in [7, 11) is -1.96. The van der Waals surface area contributed by atoms with Crippen LogP contribution in [0.2, 0.25) is 0 Å². The van der Waals surface area contributed by atoms with Gasteiger partial charge < -0.3 is 10.5 Å². The van der Waals surface area contributed by atoms with E-state index in [1.807, 2.05) is 6.92 Å². The Morgan fingerprint density at radius 3 is 2.76 bits per heavy atom. The number of sulfonamides is 1. The van der Waals surface area contributed by atoms with Crippen molar-refractivity contribution in [2.75, 3.05) is 26.8 Å². The van der Waals surface area contributed by atoms with Crippen molar-refractivity contribution >= 4 is 10.0 Å². The van der Waals surface area contributed by atoms with Gasteiger partial charge in [0, 0.05) is 25.8 Å². The lowest BCUT2D eigenvalue weighted by Crippen LogP contribution is -2.30. The Morgan fingerprint density at radius 1 is 1.43 bits per heavy atom. The zero-order valence-electron chi connectivity index (χ0n) is 12.6. The summed E-state index contributed by atoms with van der Waals surface area (Å²) in [5.41, 5.74) is 6.64. The fourth-order valence-electron chi connectivity index (χ4n) is 1.79. The molecule has 1 aromatic carbocycles. The highest BCUT2D eigenvalue weighted by atomic mass is 32.2. The molecule has 0 spiro atoms. The van der Waals surface area contributed by atoms with E-state index in [0.717, 1.165) is 0 Å². The van der Waals surface area contributed by atoms with Crippen LogP contribution in [0.4, 0.5) is 0 Å². The molecule has 0 aromatic heterocycles. The molecular weight excluding hydrogens is 288 g/mol. The molecule has 1 unspecified atom stereocenters. The molecule has 1 aromatic rings. The Bertz CT molecular complexity index is 630. The number of nitrogens with one attached hydrogen (secondary N) is 1. The Morgan fingerprint density at radius 2 is 2.14 bits per heavy atom. The van der Waals surface area contributed by atoms with Gasteiger partial charge in [-0.15, -0.1) is 0 Å². The summed E-state index contributed by atoms with van der Waals surface area (Å²) in [6, 6.07) is 5.10. The molecule has 0 saturated heterocycles. The third kappa shape index (κ3) is 5.48. The molecule has 0 radical (unpaired) electrons. The Kier molecular flexibility index (Phi) is 6.85. The third-order valence-corrected chi connectivity index (χ3v) is 4.45. The van der Waals surface area contributed by atoms with Crippen LogP contribution in [0.25, 0.3) is 0 Å². The number of hydrogen-bond acceptors (Lipinski definition) is 4. The van der Waals surface area contributed by atoms with E-state index in [1.165, 1.54) is 0 Å². The smallest absolute Gasteiger partial charge is 0.240 e. The molecule has 0 aliphatic rings. The lowest BCUT2D eigenvalue weighted by atomic mass is 10.1. The molecule has 0 aliphatic heterocycles. The molecule has 0 amide bonds. The summed E-state index contributed by atoms with van der Waals surface area (Å²) < 4.78 is 32.3. The molecule has 6 heteroatoms. The second-order valence-electron chi connectivity index (χ2n) is 4.90. The number of methoxy groups -OCH3 is 1. The average Bonchev–Trinajstić information content (AvgIpc) is 2.44. The van der Waals surface area contributed by atoms with E-state index in [-0.39, 0.29) is 17.4 Å². The Labute approximate surface area is 126 Å². The molecule has 0 aliphatic carbocycles. The van der Waals surface area contributed by atoms with Gasteiger partial charge in [0.25, 0.3) is 0 Å². The number of aryl methyl sites for hydroxylation is 1. The lowest BCUT2D eigenvalue weighted by Gasteiger charge is -2.13. The first kappa shape index (κ1) is 17.7. The van der Waals surface area contributed by atoms with E-state index in [1.54, 1.807) is 32.2 Å². The first-order valence-corrected chi connectivity index (χ1v) is 8.17. The van der Waals surface area contributed by atoms with Gasteiger partial charge in [0.1, 0.15) is 0 Å². The number of benzene rings is 1. The van der Waals surface area contributed by atoms with Crippen molar-refractivity contribution in [3.63, 3.8) is 0 Å². The molecule has 0 bridgehead atoms. The molecule has 0 heterocycles. The van der Waals surface area contributed by atoms with Gasteiger partial charge in [0.15, 0.2) is 0 Å². The van der Waals surface area contributed by atoms with Crippen LogP contribution in [0.5, 0.6) is 0 Å². The van der Waals surface area contributed by atoms with Crippen LogP contribution in [0, 0.1) is 24.7 Å². The van der Waals surface area contributed by atoms with Crippen molar-refractivity contribution in [3.8, 4) is 11.8 Å². The zero-order chi connectivity index (χ0) is 15.9. The van der Waals surface area contributed by atoms with Gasteiger partial charge in [0.2, 0.25) is 10.0 Å². The monoisotopic (exact) mass is 310 g/mol. The first-order chi connectivity index (χ1) is 9.90. The predicted octanol–water partition coefficient (Wildman–Crippen LogP) is 0.866. The molecule has 0 saturated carbocycles. The summed E-state index contributed by atoms with van der Waals surface area (Å²) in [5, 5.41) is 0. The quantitative estimate of drug-likeness (QED) is 0.764. The summed E-state index contributed by atoms with van der Waals surface area (Å²) in [6.45, 7) is 4.75. The highest BCUT2D eigenvalue weighted by molar-refractivity contribution is 7.89. The Hall–Kier alpha value is -1.39. The summed E-state index contributed by atoms with van der Waals surface area (Å²) in [4.78, 5) is 0.246. The predicted molar refractivity (Wildman–Crippen MR) is 83.3 cm³/mol. The van der Waals surface area contributed by atoms with E-state index in [9.17, 15) is 8.42 Å². The van der Waals surface area contributed by atoms with Gasteiger partial charge >= 0.3 is 0 Å². The second-order valence-corrected chi connectivity index (χ2v) is 6.63. The average molecular weight is 310 g/mol. The van der Waals surface area contributed by atoms with Crippen LogP contribution in [0.3, 0.4) is 0 Å². The zero-order valence-corrected chi connectivity index (χ0v) is 13.5. The lowest BCUT2D eigenvalue weighted by molar-refractivity contribution is 0.161. The normalized spacial score (nSPS) is 12.6. The number of nitrogens with two attached hydrogens (primary N) is 1. The van der Waals surface area contributed by atoms with Crippen LogP contribution in [0.1, 0.15) is 18.1 Å². The fourth-order valence-corrected chi connectivity index (χ4v) is 3.23. The third-order valence-electron chi connectivity index (χ3n) is 2.89. The SMILES string of the molecule is COCC(C)CNS(=O)(=O)c1cc(C#CCN)ccc1C. The molecule has 116 valence electrons. The maximum Gasteiger partial charge on any atom is 0.240 e. The van der Waals surface area contributed by atoms with E-state index in [0.29, 0.717) is 24.3 Å². The summed E-state index contributed by atoms with van der Waals surface area (Å²) in [6.07, 6.45) is 0. The number of rotatable bonds is 6. The number of hydrogen-bond donors (Lipinski definition) is 2. The maximum atomic E-state index is 12.4. The van der Waals surface area contributed by atoms with Gasteiger partial charge in [-0.05, 0) is 30.5 Å². The second kappa shape index (κ2) is 8.15. The molecule has 21 heavy (non-hydrogen) atoms. The van der Waals surface area contributed by atoms with Gasteiger partial charge in [-0.1, -0.05) is 24.8 Å². The molecule has 3 N–H and O–H groups in total. The summed E-state index contributed by atoms with van der Waals surface area (Å²) >= 11 is 0. The van der Waals surface area contributed by atoms with E-state index in [4.69, 9.17) is 10.5 Å². The van der Waals surface area contributed by atoms with Crippen molar-refractivity contribution in [1.29, 1.82) is 0 Å². The highest BCUT2D eigenvalue weighted by Crippen LogP contribution is 2.16. The first-order valence-electron chi connectivity index (χ1n) is 6.69. The molecule has 1 atom stereocenters. The molecule has 5 nitrogen and oxygen atoms in total. The molecule has 1 rings (SSSR count). The van der Waals surface area contributed by atoms with Crippen LogP contribution in [-0.4, -0.2) is 35.2 Å². The van der Waals surface area contributed by atoms with E-state index < -0.39 is 10.0 Å². The van der Waals surface area contributed by atoms with E-state index >= 15 is 0 Å². The summed E-state index contributed by atoms with van der Waals surface area (Å²) in [5.74, 6) is 5.66. The van der Waals surface area contributed by atoms with Gasteiger partial charge in [-0.3, -0.25) is 0 Å². The minimum atomic E-state index is -3.56. The van der Waals surface area contributed by atoms with Crippen molar-refractivity contribution in [2.45, 2.75) is 18.7 Å². The van der Waals surface area contributed by atoms with Gasteiger partial charge in [0.05, 0.1) is 11.4 Å². The van der Waals surface area contributed by atoms with Gasteiger partial charge in [-0.2, -0.15) is 0 Å². The van der Waals surface area contributed by atoms with Crippen LogP contribution in [-0.2, 0) is 14.8 Å². The van der Waals surface area contributed by atoms with Crippen molar-refractivity contribution in [2.24, 2.45) is 11.7 Å². The van der Waals surface area contributed by atoms with Crippen molar-refractivity contribution < 1.29 is 13.2 Å². The van der Waals surface area contributed by atoms with Crippen LogP contribution < -0.4 is 10.5 Å². The number of ether oxygens (including phenoxy) is 1. The minimum Gasteiger partial charge on any atom is -0.384 e. The molecule has 0 fully saturated rings. The fraction of sp³-hybridized carbons (Fsp3) is 0.467. The highest BCUT2D eigenvalue weighted by Gasteiger charge is 2.18.